The van der Waals surface area contributed by atoms with Crippen molar-refractivity contribution in [1.82, 2.24) is 5.32 Å². The number of benzene rings is 2. The first-order valence-electron chi connectivity index (χ1n) is 10.7. The van der Waals surface area contributed by atoms with Gasteiger partial charge in [-0.25, -0.2) is 0 Å². The minimum atomic E-state index is -0.941. The fraction of sp³-hybridized carbons (Fsp3) is 0.320. The summed E-state index contributed by atoms with van der Waals surface area (Å²) in [6, 6.07) is 11.6. The summed E-state index contributed by atoms with van der Waals surface area (Å²) in [4.78, 5) is 29.0. The number of aliphatic hydroxyl groups is 1. The number of aliphatic hydroxyl groups excluding tert-OH is 1. The van der Waals surface area contributed by atoms with Crippen molar-refractivity contribution in [3.63, 3.8) is 0 Å². The third kappa shape index (κ3) is 6.35. The third-order valence-corrected chi connectivity index (χ3v) is 5.32. The number of dihydropyridines is 1. The minimum absolute atomic E-state index is 0.189. The van der Waals surface area contributed by atoms with E-state index in [0.717, 1.165) is 11.3 Å². The van der Waals surface area contributed by atoms with Gasteiger partial charge in [0.2, 0.25) is 0 Å². The molecule has 0 fully saturated rings. The van der Waals surface area contributed by atoms with Gasteiger partial charge >= 0.3 is 0 Å². The number of carbonyl (C=O) groups excluding carboxylic acids is 2. The second-order valence-electron chi connectivity index (χ2n) is 7.83. The number of allylic oxidation sites excluding steroid dienone is 1. The zero-order chi connectivity index (χ0) is 24.7. The number of anilines is 1. The van der Waals surface area contributed by atoms with E-state index in [9.17, 15) is 14.7 Å². The lowest BCUT2D eigenvalue weighted by Crippen LogP contribution is -2.31. The maximum atomic E-state index is 12.6. The van der Waals surface area contributed by atoms with Crippen LogP contribution < -0.4 is 24.8 Å². The number of carbonyl (C=O) groups is 2. The van der Waals surface area contributed by atoms with E-state index in [4.69, 9.17) is 14.2 Å². The van der Waals surface area contributed by atoms with Crippen molar-refractivity contribution in [1.29, 1.82) is 0 Å². The summed E-state index contributed by atoms with van der Waals surface area (Å²) in [5.74, 6) is 0.657. The Kier molecular flexibility index (Phi) is 8.26. The molecule has 0 spiro atoms. The molecular formula is C25H29N3O6. The lowest BCUT2D eigenvalue weighted by Gasteiger charge is -2.21. The molecule has 0 aliphatic carbocycles. The molecule has 180 valence electrons. The standard InChI is InChI=1S/C25H29N3O6/c1-15-11-16(2)27-25(31)20(15)13-26-24(30)17-5-10-21(22(12-17)33-4)34-14-23(29)28-18-6-8-19(32-3)9-7-18/h5-10,12,25,31H,11,13-14H2,1-4H3,(H,26,30)(H,28,29). The van der Waals surface area contributed by atoms with Gasteiger partial charge in [0.1, 0.15) is 5.75 Å². The van der Waals surface area contributed by atoms with E-state index in [1.165, 1.54) is 13.2 Å². The molecule has 0 saturated heterocycles. The largest absolute Gasteiger partial charge is 0.497 e. The average molecular weight is 468 g/mol. The van der Waals surface area contributed by atoms with E-state index in [2.05, 4.69) is 15.6 Å². The Balaban J connectivity index is 1.57. The van der Waals surface area contributed by atoms with E-state index >= 15 is 0 Å². The van der Waals surface area contributed by atoms with Crippen molar-refractivity contribution < 1.29 is 28.9 Å². The predicted molar refractivity (Wildman–Crippen MR) is 129 cm³/mol. The lowest BCUT2D eigenvalue weighted by molar-refractivity contribution is -0.118. The van der Waals surface area contributed by atoms with Crippen LogP contribution in [0, 0.1) is 0 Å². The summed E-state index contributed by atoms with van der Waals surface area (Å²) in [6.45, 7) is 3.73. The lowest BCUT2D eigenvalue weighted by atomic mass is 9.99. The van der Waals surface area contributed by atoms with Crippen molar-refractivity contribution in [2.75, 3.05) is 32.7 Å². The summed E-state index contributed by atoms with van der Waals surface area (Å²) in [6.07, 6.45) is -0.267. The third-order valence-electron chi connectivity index (χ3n) is 5.32. The molecule has 1 heterocycles. The molecule has 2 amide bonds. The number of nitrogens with zero attached hydrogens (tertiary/aromatic N) is 1. The molecule has 3 rings (SSSR count). The summed E-state index contributed by atoms with van der Waals surface area (Å²) < 4.78 is 16.0. The summed E-state index contributed by atoms with van der Waals surface area (Å²) >= 11 is 0. The van der Waals surface area contributed by atoms with Gasteiger partial charge in [0, 0.05) is 29.9 Å². The maximum Gasteiger partial charge on any atom is 0.262 e. The maximum absolute atomic E-state index is 12.6. The van der Waals surface area contributed by atoms with Crippen molar-refractivity contribution in [2.45, 2.75) is 26.5 Å². The van der Waals surface area contributed by atoms with E-state index in [-0.39, 0.29) is 25.0 Å². The molecule has 0 radical (unpaired) electrons. The quantitative estimate of drug-likeness (QED) is 0.488. The van der Waals surface area contributed by atoms with Crippen LogP contribution in [0.5, 0.6) is 17.2 Å². The smallest absolute Gasteiger partial charge is 0.262 e. The van der Waals surface area contributed by atoms with Crippen LogP contribution in [0.2, 0.25) is 0 Å². The highest BCUT2D eigenvalue weighted by atomic mass is 16.5. The number of hydrogen-bond acceptors (Lipinski definition) is 7. The Morgan fingerprint density at radius 1 is 1.06 bits per heavy atom. The van der Waals surface area contributed by atoms with Crippen molar-refractivity contribution in [3.05, 3.63) is 59.2 Å². The molecule has 9 nitrogen and oxygen atoms in total. The van der Waals surface area contributed by atoms with Gasteiger partial charge in [-0.2, -0.15) is 0 Å². The fourth-order valence-corrected chi connectivity index (χ4v) is 3.51. The van der Waals surface area contributed by atoms with Gasteiger partial charge in [-0.1, -0.05) is 5.57 Å². The van der Waals surface area contributed by atoms with E-state index in [1.807, 2.05) is 13.8 Å². The van der Waals surface area contributed by atoms with Crippen LogP contribution >= 0.6 is 0 Å². The molecule has 2 aromatic carbocycles. The molecular weight excluding hydrogens is 438 g/mol. The normalized spacial score (nSPS) is 15.3. The SMILES string of the molecule is COc1ccc(NC(=O)COc2ccc(C(=O)NCC3=C(C)CC(C)=NC3O)cc2OC)cc1. The number of aliphatic imine (C=N–C) groups is 1. The Morgan fingerprint density at radius 2 is 1.79 bits per heavy atom. The number of nitrogens with one attached hydrogen (secondary N) is 2. The van der Waals surface area contributed by atoms with E-state index in [0.29, 0.717) is 40.5 Å². The van der Waals surface area contributed by atoms with Crippen LogP contribution in [0.3, 0.4) is 0 Å². The van der Waals surface area contributed by atoms with Crippen LogP contribution in [0.1, 0.15) is 30.6 Å². The van der Waals surface area contributed by atoms with Gasteiger partial charge in [-0.3, -0.25) is 14.6 Å². The van der Waals surface area contributed by atoms with Crippen molar-refractivity contribution >= 4 is 23.2 Å². The first-order chi connectivity index (χ1) is 16.3. The Bertz CT molecular complexity index is 1110. The molecule has 1 aliphatic rings. The summed E-state index contributed by atoms with van der Waals surface area (Å²) in [5.41, 5.74) is 3.51. The zero-order valence-electron chi connectivity index (χ0n) is 19.7. The molecule has 2 aromatic rings. The molecule has 1 aliphatic heterocycles. The monoisotopic (exact) mass is 467 g/mol. The molecule has 0 saturated carbocycles. The molecule has 3 N–H and O–H groups in total. The van der Waals surface area contributed by atoms with Gasteiger partial charge in [0.25, 0.3) is 11.8 Å². The number of hydrogen-bond donors (Lipinski definition) is 3. The van der Waals surface area contributed by atoms with Gasteiger partial charge in [0.05, 0.1) is 14.2 Å². The van der Waals surface area contributed by atoms with E-state index in [1.54, 1.807) is 43.5 Å². The predicted octanol–water partition coefficient (Wildman–Crippen LogP) is 2.95. The first-order valence-corrected chi connectivity index (χ1v) is 10.7. The fourth-order valence-electron chi connectivity index (χ4n) is 3.51. The van der Waals surface area contributed by atoms with Crippen LogP contribution in [0.15, 0.2) is 58.6 Å². The summed E-state index contributed by atoms with van der Waals surface area (Å²) in [7, 11) is 3.02. The molecule has 1 unspecified atom stereocenters. The van der Waals surface area contributed by atoms with Crippen molar-refractivity contribution in [2.24, 2.45) is 4.99 Å². The van der Waals surface area contributed by atoms with Gasteiger partial charge in [-0.15, -0.1) is 0 Å². The van der Waals surface area contributed by atoms with Crippen LogP contribution in [-0.2, 0) is 4.79 Å². The van der Waals surface area contributed by atoms with Crippen molar-refractivity contribution in [3.8, 4) is 17.2 Å². The average Bonchev–Trinajstić information content (AvgIpc) is 2.82. The molecule has 0 aromatic heterocycles. The Hall–Kier alpha value is -3.85. The highest BCUT2D eigenvalue weighted by molar-refractivity contribution is 5.95. The highest BCUT2D eigenvalue weighted by Gasteiger charge is 2.20. The molecule has 34 heavy (non-hydrogen) atoms. The number of methoxy groups -OCH3 is 2. The zero-order valence-corrected chi connectivity index (χ0v) is 19.7. The second-order valence-corrected chi connectivity index (χ2v) is 7.83. The first kappa shape index (κ1) is 24.8. The van der Waals surface area contributed by atoms with Crippen LogP contribution in [-0.4, -0.2) is 56.2 Å². The highest BCUT2D eigenvalue weighted by Crippen LogP contribution is 2.28. The molecule has 9 heteroatoms. The van der Waals surface area contributed by atoms with Gasteiger partial charge in [-0.05, 0) is 61.9 Å². The van der Waals surface area contributed by atoms with Crippen LogP contribution in [0.25, 0.3) is 0 Å². The second kappa shape index (κ2) is 11.3. The van der Waals surface area contributed by atoms with Crippen LogP contribution in [0.4, 0.5) is 5.69 Å². The Labute approximate surface area is 198 Å². The topological polar surface area (TPSA) is 118 Å². The number of ether oxygens (including phenoxy) is 3. The number of rotatable bonds is 9. The molecule has 0 bridgehead atoms. The van der Waals surface area contributed by atoms with E-state index < -0.39 is 6.23 Å². The summed E-state index contributed by atoms with van der Waals surface area (Å²) in [5, 5.41) is 15.7. The minimum Gasteiger partial charge on any atom is -0.497 e. The Morgan fingerprint density at radius 3 is 2.44 bits per heavy atom. The number of amides is 2. The van der Waals surface area contributed by atoms with Gasteiger partial charge < -0.3 is 30.0 Å². The molecule has 1 atom stereocenters. The van der Waals surface area contributed by atoms with Gasteiger partial charge in [0.15, 0.2) is 24.3 Å².